The van der Waals surface area contributed by atoms with Crippen LogP contribution in [0.25, 0.3) is 0 Å². The molecule has 0 aliphatic carbocycles. The van der Waals surface area contributed by atoms with Crippen LogP contribution >= 0.6 is 0 Å². The number of amidine groups is 1. The summed E-state index contributed by atoms with van der Waals surface area (Å²) in [6, 6.07) is 3.76. The maximum absolute atomic E-state index is 8.45. The molecule has 0 unspecified atom stereocenters. The number of hydrogen-bond acceptors (Lipinski definition) is 5. The number of pyridine rings is 1. The van der Waals surface area contributed by atoms with E-state index in [1.807, 2.05) is 12.1 Å². The van der Waals surface area contributed by atoms with Crippen LogP contribution in [0, 0.1) is 0 Å². The Kier molecular flexibility index (Phi) is 2.77. The molecule has 0 bridgehead atoms. The first-order chi connectivity index (χ1) is 7.79. The zero-order valence-electron chi connectivity index (χ0n) is 8.35. The third kappa shape index (κ3) is 2.14. The molecule has 0 saturated heterocycles. The Morgan fingerprint density at radius 3 is 2.88 bits per heavy atom. The summed E-state index contributed by atoms with van der Waals surface area (Å²) in [5.41, 5.74) is 6.40. The molecule has 2 heterocycles. The second-order valence-corrected chi connectivity index (χ2v) is 3.11. The third-order valence-electron chi connectivity index (χ3n) is 1.97. The van der Waals surface area contributed by atoms with Gasteiger partial charge in [-0.15, -0.1) is 5.10 Å². The predicted octanol–water partition coefficient (Wildman–Crippen LogP) is -0.184. The number of nitrogens with two attached hydrogens (primary N) is 1. The minimum atomic E-state index is -0.103. The molecule has 0 fully saturated rings. The Balaban J connectivity index is 2.15. The summed E-state index contributed by atoms with van der Waals surface area (Å²) in [6.45, 7) is 0.564. The Morgan fingerprint density at radius 2 is 2.19 bits per heavy atom. The molecule has 16 heavy (non-hydrogen) atoms. The lowest BCUT2D eigenvalue weighted by Gasteiger charge is -1.99. The standard InChI is InChI=1S/C9H10N6O/c10-8(14-16)9-12-6-15(13-9)5-7-1-3-11-4-2-7/h1-4,6,16H,5H2,(H2,10,14). The van der Waals surface area contributed by atoms with Gasteiger partial charge in [0.15, 0.2) is 0 Å². The Morgan fingerprint density at radius 1 is 1.44 bits per heavy atom. The van der Waals surface area contributed by atoms with Crippen LogP contribution in [0.15, 0.2) is 36.0 Å². The van der Waals surface area contributed by atoms with Crippen molar-refractivity contribution in [3.05, 3.63) is 42.2 Å². The summed E-state index contributed by atoms with van der Waals surface area (Å²) in [5, 5.41) is 15.3. The topological polar surface area (TPSA) is 102 Å². The molecule has 82 valence electrons. The van der Waals surface area contributed by atoms with Crippen LogP contribution in [0.3, 0.4) is 0 Å². The van der Waals surface area contributed by atoms with E-state index in [0.29, 0.717) is 6.54 Å². The molecule has 0 aliphatic heterocycles. The van der Waals surface area contributed by atoms with Gasteiger partial charge in [0.05, 0.1) is 6.54 Å². The lowest BCUT2D eigenvalue weighted by atomic mass is 10.3. The number of aromatic nitrogens is 4. The van der Waals surface area contributed by atoms with E-state index in [1.54, 1.807) is 17.1 Å². The van der Waals surface area contributed by atoms with E-state index in [1.165, 1.54) is 6.33 Å². The van der Waals surface area contributed by atoms with Crippen LogP contribution in [0.2, 0.25) is 0 Å². The molecular formula is C9H10N6O. The van der Waals surface area contributed by atoms with Crippen molar-refractivity contribution < 1.29 is 5.21 Å². The molecule has 2 aromatic rings. The van der Waals surface area contributed by atoms with E-state index < -0.39 is 0 Å². The van der Waals surface area contributed by atoms with Gasteiger partial charge in [-0.05, 0) is 17.7 Å². The van der Waals surface area contributed by atoms with Gasteiger partial charge < -0.3 is 10.9 Å². The highest BCUT2D eigenvalue weighted by Crippen LogP contribution is 1.99. The van der Waals surface area contributed by atoms with Gasteiger partial charge in [0.1, 0.15) is 6.33 Å². The Labute approximate surface area is 91.2 Å². The highest BCUT2D eigenvalue weighted by Gasteiger charge is 2.05. The lowest BCUT2D eigenvalue weighted by Crippen LogP contribution is -2.15. The average molecular weight is 218 g/mol. The fourth-order valence-corrected chi connectivity index (χ4v) is 1.21. The summed E-state index contributed by atoms with van der Waals surface area (Å²) >= 11 is 0. The highest BCUT2D eigenvalue weighted by molar-refractivity contribution is 5.93. The van der Waals surface area contributed by atoms with Crippen LogP contribution in [0.4, 0.5) is 0 Å². The molecule has 3 N–H and O–H groups in total. The van der Waals surface area contributed by atoms with E-state index in [9.17, 15) is 0 Å². The predicted molar refractivity (Wildman–Crippen MR) is 55.9 cm³/mol. The van der Waals surface area contributed by atoms with Crippen LogP contribution in [-0.4, -0.2) is 30.8 Å². The summed E-state index contributed by atoms with van der Waals surface area (Å²) < 4.78 is 1.60. The molecule has 0 saturated carbocycles. The van der Waals surface area contributed by atoms with Crippen molar-refractivity contribution in [2.24, 2.45) is 10.9 Å². The van der Waals surface area contributed by atoms with E-state index in [-0.39, 0.29) is 11.7 Å². The van der Waals surface area contributed by atoms with Crippen molar-refractivity contribution >= 4 is 5.84 Å². The Hall–Kier alpha value is -2.44. The van der Waals surface area contributed by atoms with Crippen LogP contribution in [0.1, 0.15) is 11.4 Å². The summed E-state index contributed by atoms with van der Waals surface area (Å²) in [6.07, 6.45) is 4.93. The minimum Gasteiger partial charge on any atom is -0.409 e. The molecule has 7 nitrogen and oxygen atoms in total. The van der Waals surface area contributed by atoms with Crippen LogP contribution < -0.4 is 5.73 Å². The normalized spacial score (nSPS) is 11.6. The maximum Gasteiger partial charge on any atom is 0.219 e. The van der Waals surface area contributed by atoms with Crippen LogP contribution in [0.5, 0.6) is 0 Å². The molecular weight excluding hydrogens is 208 g/mol. The monoisotopic (exact) mass is 218 g/mol. The minimum absolute atomic E-state index is 0.103. The second-order valence-electron chi connectivity index (χ2n) is 3.11. The van der Waals surface area contributed by atoms with Gasteiger partial charge in [0, 0.05) is 12.4 Å². The molecule has 2 aromatic heterocycles. The number of nitrogens with zero attached hydrogens (tertiary/aromatic N) is 5. The maximum atomic E-state index is 8.45. The number of rotatable bonds is 3. The molecule has 0 atom stereocenters. The fourth-order valence-electron chi connectivity index (χ4n) is 1.21. The van der Waals surface area contributed by atoms with Gasteiger partial charge in [-0.2, -0.15) is 0 Å². The van der Waals surface area contributed by atoms with Gasteiger partial charge in [-0.1, -0.05) is 5.16 Å². The molecule has 0 amide bonds. The van der Waals surface area contributed by atoms with Crippen molar-refractivity contribution in [3.63, 3.8) is 0 Å². The van der Waals surface area contributed by atoms with E-state index in [4.69, 9.17) is 10.9 Å². The first-order valence-electron chi connectivity index (χ1n) is 4.56. The summed E-state index contributed by atoms with van der Waals surface area (Å²) in [5.74, 6) is 0.102. The van der Waals surface area contributed by atoms with Crippen molar-refractivity contribution in [2.75, 3.05) is 0 Å². The first-order valence-corrected chi connectivity index (χ1v) is 4.56. The molecule has 7 heteroatoms. The van der Waals surface area contributed by atoms with E-state index in [2.05, 4.69) is 20.2 Å². The first kappa shape index (κ1) is 10.1. The van der Waals surface area contributed by atoms with Gasteiger partial charge in [0.25, 0.3) is 0 Å². The number of oxime groups is 1. The quantitative estimate of drug-likeness (QED) is 0.322. The molecule has 0 radical (unpaired) electrons. The van der Waals surface area contributed by atoms with Crippen molar-refractivity contribution in [3.8, 4) is 0 Å². The zero-order chi connectivity index (χ0) is 11.4. The summed E-state index contributed by atoms with van der Waals surface area (Å²) in [4.78, 5) is 7.82. The molecule has 0 aromatic carbocycles. The largest absolute Gasteiger partial charge is 0.409 e. The van der Waals surface area contributed by atoms with Crippen molar-refractivity contribution in [2.45, 2.75) is 6.54 Å². The Bertz CT molecular complexity index is 492. The average Bonchev–Trinajstić information content (AvgIpc) is 2.78. The SMILES string of the molecule is NC(=NO)c1ncn(Cc2ccncc2)n1. The van der Waals surface area contributed by atoms with E-state index >= 15 is 0 Å². The molecule has 2 rings (SSSR count). The van der Waals surface area contributed by atoms with Gasteiger partial charge in [0.2, 0.25) is 11.7 Å². The van der Waals surface area contributed by atoms with Gasteiger partial charge >= 0.3 is 0 Å². The van der Waals surface area contributed by atoms with E-state index in [0.717, 1.165) is 5.56 Å². The summed E-state index contributed by atoms with van der Waals surface area (Å²) in [7, 11) is 0. The number of hydrogen-bond donors (Lipinski definition) is 2. The van der Waals surface area contributed by atoms with Gasteiger partial charge in [-0.3, -0.25) is 4.98 Å². The van der Waals surface area contributed by atoms with Gasteiger partial charge in [-0.25, -0.2) is 9.67 Å². The molecule has 0 spiro atoms. The fraction of sp³-hybridized carbons (Fsp3) is 0.111. The highest BCUT2D eigenvalue weighted by atomic mass is 16.4. The van der Waals surface area contributed by atoms with Crippen LogP contribution in [-0.2, 0) is 6.54 Å². The van der Waals surface area contributed by atoms with Crippen molar-refractivity contribution in [1.29, 1.82) is 0 Å². The lowest BCUT2D eigenvalue weighted by molar-refractivity contribution is 0.318. The molecule has 0 aliphatic rings. The van der Waals surface area contributed by atoms with Crippen molar-refractivity contribution in [1.82, 2.24) is 19.7 Å². The third-order valence-corrected chi connectivity index (χ3v) is 1.97. The smallest absolute Gasteiger partial charge is 0.219 e. The zero-order valence-corrected chi connectivity index (χ0v) is 8.35. The second kappa shape index (κ2) is 4.39.